The number of rotatable bonds is 5. The lowest BCUT2D eigenvalue weighted by molar-refractivity contribution is 0.105. The molecule has 102 valence electrons. The monoisotopic (exact) mass is 283 g/mol. The van der Waals surface area contributed by atoms with Crippen molar-refractivity contribution in [3.8, 4) is 0 Å². The van der Waals surface area contributed by atoms with Crippen molar-refractivity contribution in [3.63, 3.8) is 0 Å². The Morgan fingerprint density at radius 1 is 1.10 bits per heavy atom. The van der Waals surface area contributed by atoms with E-state index in [-0.39, 0.29) is 5.78 Å². The largest absolute Gasteiger partial charge is 0.378 e. The van der Waals surface area contributed by atoms with Crippen LogP contribution in [0.4, 0.5) is 5.69 Å². The van der Waals surface area contributed by atoms with Crippen LogP contribution in [0.1, 0.15) is 15.2 Å². The number of carbonyl (C=O) groups excluding carboxylic acids is 1. The summed E-state index contributed by atoms with van der Waals surface area (Å²) in [5.74, 6) is 0.0487. The van der Waals surface area contributed by atoms with Crippen LogP contribution in [0.2, 0.25) is 0 Å². The van der Waals surface area contributed by atoms with Crippen LogP contribution in [0, 0.1) is 0 Å². The summed E-state index contributed by atoms with van der Waals surface area (Å²) in [5.41, 5.74) is 2.29. The number of allylic oxidation sites excluding steroid dienone is 3. The van der Waals surface area contributed by atoms with Crippen LogP contribution in [0.3, 0.4) is 0 Å². The minimum Gasteiger partial charge on any atom is -0.378 e. The van der Waals surface area contributed by atoms with E-state index in [4.69, 9.17) is 0 Å². The van der Waals surface area contributed by atoms with E-state index in [0.717, 1.165) is 10.4 Å². The maximum Gasteiger partial charge on any atom is 0.195 e. The SMILES string of the molecule is CN(C)c1ccc(/C=C/C=C/C(=O)c2cccs2)cc1. The molecule has 0 spiro atoms. The van der Waals surface area contributed by atoms with Crippen LogP contribution < -0.4 is 4.90 Å². The summed E-state index contributed by atoms with van der Waals surface area (Å²) in [6.45, 7) is 0. The maximum atomic E-state index is 11.7. The zero-order valence-corrected chi connectivity index (χ0v) is 12.4. The number of anilines is 1. The van der Waals surface area contributed by atoms with Gasteiger partial charge in [-0.25, -0.2) is 0 Å². The van der Waals surface area contributed by atoms with Gasteiger partial charge in [0.1, 0.15) is 0 Å². The normalized spacial score (nSPS) is 11.3. The average molecular weight is 283 g/mol. The fourth-order valence-electron chi connectivity index (χ4n) is 1.69. The van der Waals surface area contributed by atoms with Crippen molar-refractivity contribution in [2.75, 3.05) is 19.0 Å². The molecule has 0 fully saturated rings. The molecule has 3 heteroatoms. The summed E-state index contributed by atoms with van der Waals surface area (Å²) >= 11 is 1.46. The fraction of sp³-hybridized carbons (Fsp3) is 0.118. The van der Waals surface area contributed by atoms with Crippen LogP contribution in [0.5, 0.6) is 0 Å². The molecule has 0 radical (unpaired) electrons. The summed E-state index contributed by atoms with van der Waals surface area (Å²) in [7, 11) is 4.04. The summed E-state index contributed by atoms with van der Waals surface area (Å²) in [6.07, 6.45) is 7.24. The Balaban J connectivity index is 1.94. The topological polar surface area (TPSA) is 20.3 Å². The molecule has 1 aromatic carbocycles. The van der Waals surface area contributed by atoms with Crippen molar-refractivity contribution >= 4 is 28.9 Å². The quantitative estimate of drug-likeness (QED) is 0.464. The van der Waals surface area contributed by atoms with Crippen molar-refractivity contribution < 1.29 is 4.79 Å². The molecular formula is C17H17NOS. The molecule has 0 N–H and O–H groups in total. The van der Waals surface area contributed by atoms with Crippen molar-refractivity contribution in [1.29, 1.82) is 0 Å². The molecule has 0 bridgehead atoms. The molecule has 0 unspecified atom stereocenters. The van der Waals surface area contributed by atoms with Gasteiger partial charge in [0.25, 0.3) is 0 Å². The maximum absolute atomic E-state index is 11.7. The molecule has 2 aromatic rings. The van der Waals surface area contributed by atoms with Gasteiger partial charge < -0.3 is 4.90 Å². The van der Waals surface area contributed by atoms with E-state index in [9.17, 15) is 4.79 Å². The van der Waals surface area contributed by atoms with E-state index in [2.05, 4.69) is 29.2 Å². The Morgan fingerprint density at radius 2 is 1.85 bits per heavy atom. The molecule has 0 saturated carbocycles. The molecule has 1 heterocycles. The molecular weight excluding hydrogens is 266 g/mol. The van der Waals surface area contributed by atoms with Gasteiger partial charge in [-0.15, -0.1) is 11.3 Å². The van der Waals surface area contributed by atoms with Gasteiger partial charge in [-0.05, 0) is 35.2 Å². The highest BCUT2D eigenvalue weighted by atomic mass is 32.1. The minimum atomic E-state index is 0.0487. The van der Waals surface area contributed by atoms with Gasteiger partial charge in [0, 0.05) is 19.8 Å². The second-order valence-corrected chi connectivity index (χ2v) is 5.49. The van der Waals surface area contributed by atoms with Crippen molar-refractivity contribution in [3.05, 3.63) is 70.4 Å². The van der Waals surface area contributed by atoms with Gasteiger partial charge >= 0.3 is 0 Å². The predicted molar refractivity (Wildman–Crippen MR) is 87.6 cm³/mol. The Morgan fingerprint density at radius 3 is 2.45 bits per heavy atom. The van der Waals surface area contributed by atoms with Gasteiger partial charge in [0.2, 0.25) is 0 Å². The second kappa shape index (κ2) is 6.87. The van der Waals surface area contributed by atoms with E-state index < -0.39 is 0 Å². The first-order valence-electron chi connectivity index (χ1n) is 6.37. The van der Waals surface area contributed by atoms with Crippen LogP contribution >= 0.6 is 11.3 Å². The molecule has 0 saturated heterocycles. The van der Waals surface area contributed by atoms with Gasteiger partial charge in [0.15, 0.2) is 5.78 Å². The second-order valence-electron chi connectivity index (χ2n) is 4.55. The number of hydrogen-bond acceptors (Lipinski definition) is 3. The third kappa shape index (κ3) is 3.93. The lowest BCUT2D eigenvalue weighted by Gasteiger charge is -2.11. The number of nitrogens with zero attached hydrogens (tertiary/aromatic N) is 1. The predicted octanol–water partition coefficient (Wildman–Crippen LogP) is 4.27. The Bertz CT molecular complexity index is 607. The zero-order chi connectivity index (χ0) is 14.4. The van der Waals surface area contributed by atoms with Crippen molar-refractivity contribution in [1.82, 2.24) is 0 Å². The van der Waals surface area contributed by atoms with E-state index >= 15 is 0 Å². The molecule has 0 aliphatic carbocycles. The van der Waals surface area contributed by atoms with Gasteiger partial charge in [-0.1, -0.05) is 36.4 Å². The number of hydrogen-bond donors (Lipinski definition) is 0. The number of benzene rings is 1. The number of carbonyl (C=O) groups is 1. The minimum absolute atomic E-state index is 0.0487. The summed E-state index contributed by atoms with van der Waals surface area (Å²) < 4.78 is 0. The van der Waals surface area contributed by atoms with E-state index in [1.54, 1.807) is 12.2 Å². The highest BCUT2D eigenvalue weighted by molar-refractivity contribution is 7.12. The number of thiophene rings is 1. The van der Waals surface area contributed by atoms with Crippen molar-refractivity contribution in [2.45, 2.75) is 0 Å². The third-order valence-corrected chi connectivity index (χ3v) is 3.71. The smallest absolute Gasteiger partial charge is 0.195 e. The third-order valence-electron chi connectivity index (χ3n) is 2.82. The van der Waals surface area contributed by atoms with Crippen LogP contribution in [-0.2, 0) is 0 Å². The molecule has 2 nitrogen and oxygen atoms in total. The molecule has 0 amide bonds. The summed E-state index contributed by atoms with van der Waals surface area (Å²) in [6, 6.07) is 12.0. The lowest BCUT2D eigenvalue weighted by atomic mass is 10.2. The summed E-state index contributed by atoms with van der Waals surface area (Å²) in [4.78, 5) is 14.6. The van der Waals surface area contributed by atoms with E-state index in [1.807, 2.05) is 43.8 Å². The Labute approximate surface area is 123 Å². The molecule has 0 aliphatic rings. The molecule has 0 aliphatic heterocycles. The van der Waals surface area contributed by atoms with Gasteiger partial charge in [-0.2, -0.15) is 0 Å². The van der Waals surface area contributed by atoms with Gasteiger partial charge in [0.05, 0.1) is 4.88 Å². The summed E-state index contributed by atoms with van der Waals surface area (Å²) in [5, 5.41) is 1.91. The van der Waals surface area contributed by atoms with Crippen LogP contribution in [0.25, 0.3) is 6.08 Å². The zero-order valence-electron chi connectivity index (χ0n) is 11.6. The molecule has 20 heavy (non-hydrogen) atoms. The molecule has 1 aromatic heterocycles. The first kappa shape index (κ1) is 14.3. The van der Waals surface area contributed by atoms with Crippen molar-refractivity contribution in [2.24, 2.45) is 0 Å². The van der Waals surface area contributed by atoms with E-state index in [1.165, 1.54) is 17.0 Å². The van der Waals surface area contributed by atoms with Gasteiger partial charge in [-0.3, -0.25) is 4.79 Å². The van der Waals surface area contributed by atoms with E-state index in [0.29, 0.717) is 0 Å². The Kier molecular flexibility index (Phi) is 4.91. The first-order chi connectivity index (χ1) is 9.66. The average Bonchev–Trinajstić information content (AvgIpc) is 2.98. The molecule has 0 atom stereocenters. The number of ketones is 1. The lowest BCUT2D eigenvalue weighted by Crippen LogP contribution is -2.07. The standard InChI is InChI=1S/C17H17NOS/c1-18(2)15-11-9-14(10-12-15)6-3-4-7-16(19)17-8-5-13-20-17/h3-13H,1-2H3/b6-3+,7-4+. The highest BCUT2D eigenvalue weighted by Crippen LogP contribution is 2.13. The first-order valence-corrected chi connectivity index (χ1v) is 7.25. The Hall–Kier alpha value is -2.13. The molecule has 2 rings (SSSR count). The highest BCUT2D eigenvalue weighted by Gasteiger charge is 2.00. The van der Waals surface area contributed by atoms with Crippen LogP contribution in [0.15, 0.2) is 60.0 Å². The van der Waals surface area contributed by atoms with Crippen LogP contribution in [-0.4, -0.2) is 19.9 Å². The fourth-order valence-corrected chi connectivity index (χ4v) is 2.34.